The number of carbonyl (C=O) groups excluding carboxylic acids is 1. The Bertz CT molecular complexity index is 613. The van der Waals surface area contributed by atoms with Gasteiger partial charge in [-0.15, -0.1) is 0 Å². The highest BCUT2D eigenvalue weighted by atomic mass is 32.2. The molecule has 0 aliphatic heterocycles. The molecule has 1 aromatic rings. The smallest absolute Gasteiger partial charge is 0.156 e. The van der Waals surface area contributed by atoms with Crippen molar-refractivity contribution >= 4 is 16.6 Å². The van der Waals surface area contributed by atoms with Crippen LogP contribution in [-0.2, 0) is 15.6 Å². The normalized spacial score (nSPS) is 26.3. The summed E-state index contributed by atoms with van der Waals surface area (Å²) in [4.78, 5) is 12.4. The van der Waals surface area contributed by atoms with Gasteiger partial charge in [0.25, 0.3) is 0 Å². The van der Waals surface area contributed by atoms with Gasteiger partial charge < -0.3 is 5.11 Å². The zero-order chi connectivity index (χ0) is 15.8. The Balaban J connectivity index is 2.32. The van der Waals surface area contributed by atoms with Crippen LogP contribution in [-0.4, -0.2) is 26.5 Å². The van der Waals surface area contributed by atoms with Gasteiger partial charge in [0.2, 0.25) is 0 Å². The van der Waals surface area contributed by atoms with E-state index in [-0.39, 0.29) is 18.0 Å². The summed E-state index contributed by atoms with van der Waals surface area (Å²) in [5.74, 6) is 0.127. The van der Waals surface area contributed by atoms with Gasteiger partial charge in [0, 0.05) is 16.7 Å². The van der Waals surface area contributed by atoms with E-state index in [9.17, 15) is 14.1 Å². The van der Waals surface area contributed by atoms with Gasteiger partial charge >= 0.3 is 0 Å². The van der Waals surface area contributed by atoms with Crippen molar-refractivity contribution in [1.29, 1.82) is 0 Å². The molecule has 0 unspecified atom stereocenters. The van der Waals surface area contributed by atoms with Crippen molar-refractivity contribution in [1.82, 2.24) is 0 Å². The number of carbonyl (C=O) groups is 1. The third kappa shape index (κ3) is 3.01. The van der Waals surface area contributed by atoms with Crippen molar-refractivity contribution in [2.45, 2.75) is 44.6 Å². The second-order valence-corrected chi connectivity index (χ2v) is 7.97. The Morgan fingerprint density at radius 1 is 1.19 bits per heavy atom. The minimum Gasteiger partial charge on any atom is -0.384 e. The Hall–Kier alpha value is -1.26. The molecule has 4 heteroatoms. The average Bonchev–Trinajstić information content (AvgIpc) is 2.36. The lowest BCUT2D eigenvalue weighted by Gasteiger charge is -2.45. The van der Waals surface area contributed by atoms with E-state index in [4.69, 9.17) is 0 Å². The largest absolute Gasteiger partial charge is 0.384 e. The highest BCUT2D eigenvalue weighted by molar-refractivity contribution is 7.85. The highest BCUT2D eigenvalue weighted by Crippen LogP contribution is 2.44. The van der Waals surface area contributed by atoms with Crippen LogP contribution in [0.4, 0.5) is 0 Å². The quantitative estimate of drug-likeness (QED) is 0.934. The van der Waals surface area contributed by atoms with Crippen LogP contribution in [0.15, 0.2) is 40.8 Å². The molecule has 0 amide bonds. The second kappa shape index (κ2) is 5.50. The first-order chi connectivity index (χ1) is 9.65. The molecule has 114 valence electrons. The third-order valence-electron chi connectivity index (χ3n) is 4.39. The zero-order valence-corrected chi connectivity index (χ0v) is 13.8. The number of benzene rings is 1. The predicted molar refractivity (Wildman–Crippen MR) is 84.6 cm³/mol. The van der Waals surface area contributed by atoms with E-state index in [2.05, 4.69) is 0 Å². The molecule has 0 fully saturated rings. The molecule has 2 rings (SSSR count). The van der Waals surface area contributed by atoms with Crippen molar-refractivity contribution < 1.29 is 14.1 Å². The van der Waals surface area contributed by atoms with Crippen LogP contribution in [0.3, 0.4) is 0 Å². The van der Waals surface area contributed by atoms with Crippen molar-refractivity contribution in [2.24, 2.45) is 5.41 Å². The van der Waals surface area contributed by atoms with Crippen LogP contribution < -0.4 is 0 Å². The molecule has 1 aliphatic rings. The van der Waals surface area contributed by atoms with Gasteiger partial charge in [0.1, 0.15) is 5.60 Å². The van der Waals surface area contributed by atoms with E-state index in [0.29, 0.717) is 10.5 Å². The Labute approximate surface area is 128 Å². The summed E-state index contributed by atoms with van der Waals surface area (Å²) >= 11 is 0. The number of aliphatic hydroxyl groups is 1. The van der Waals surface area contributed by atoms with Gasteiger partial charge in [0.15, 0.2) is 5.78 Å². The summed E-state index contributed by atoms with van der Waals surface area (Å²) in [6.07, 6.45) is 1.75. The standard InChI is InChI=1S/C17H22O3S/c1-12-5-7-15(8-6-12)21(20)11-17(19)13(2)9-14(18)10-16(17,3)4/h5-9,19H,10-11H2,1-4H3/t17-,21-/m1/s1. The summed E-state index contributed by atoms with van der Waals surface area (Å²) in [5, 5.41) is 11.1. The molecule has 2 atom stereocenters. The molecular formula is C17H22O3S. The molecule has 3 nitrogen and oxygen atoms in total. The van der Waals surface area contributed by atoms with Crippen LogP contribution in [0, 0.1) is 12.3 Å². The molecule has 0 radical (unpaired) electrons. The zero-order valence-electron chi connectivity index (χ0n) is 13.0. The first-order valence-electron chi connectivity index (χ1n) is 7.05. The molecule has 21 heavy (non-hydrogen) atoms. The van der Waals surface area contributed by atoms with Crippen molar-refractivity contribution in [3.63, 3.8) is 0 Å². The lowest BCUT2D eigenvalue weighted by atomic mass is 9.66. The minimum atomic E-state index is -1.31. The molecule has 1 aliphatic carbocycles. The molecule has 0 bridgehead atoms. The molecule has 0 saturated heterocycles. The molecule has 0 heterocycles. The molecule has 0 aromatic heterocycles. The molecule has 0 spiro atoms. The Morgan fingerprint density at radius 2 is 1.76 bits per heavy atom. The number of rotatable bonds is 3. The predicted octanol–water partition coefficient (Wildman–Crippen LogP) is 2.78. The van der Waals surface area contributed by atoms with Gasteiger partial charge in [-0.2, -0.15) is 0 Å². The third-order valence-corrected chi connectivity index (χ3v) is 5.87. The van der Waals surface area contributed by atoms with Crippen molar-refractivity contribution in [3.8, 4) is 0 Å². The molecular weight excluding hydrogens is 284 g/mol. The summed E-state index contributed by atoms with van der Waals surface area (Å²) in [5.41, 5.74) is -0.140. The molecule has 1 N–H and O–H groups in total. The van der Waals surface area contributed by atoms with Crippen LogP contribution in [0.1, 0.15) is 32.8 Å². The van der Waals surface area contributed by atoms with Gasteiger partial charge in [-0.1, -0.05) is 31.5 Å². The Kier molecular flexibility index (Phi) is 4.22. The van der Waals surface area contributed by atoms with Crippen molar-refractivity contribution in [3.05, 3.63) is 41.5 Å². The van der Waals surface area contributed by atoms with E-state index in [1.54, 1.807) is 6.92 Å². The minimum absolute atomic E-state index is 0.0169. The van der Waals surface area contributed by atoms with Gasteiger partial charge in [-0.3, -0.25) is 9.00 Å². The summed E-state index contributed by atoms with van der Waals surface area (Å²) in [7, 11) is -1.31. The number of aryl methyl sites for hydroxylation is 1. The number of ketones is 1. The molecule has 0 saturated carbocycles. The average molecular weight is 306 g/mol. The van der Waals surface area contributed by atoms with Gasteiger partial charge in [0.05, 0.1) is 16.6 Å². The highest BCUT2D eigenvalue weighted by Gasteiger charge is 2.49. The maximum Gasteiger partial charge on any atom is 0.156 e. The lowest BCUT2D eigenvalue weighted by Crippen LogP contribution is -2.53. The van der Waals surface area contributed by atoms with Gasteiger partial charge in [-0.05, 0) is 37.6 Å². The maximum absolute atomic E-state index is 12.6. The van der Waals surface area contributed by atoms with Crippen LogP contribution >= 0.6 is 0 Å². The number of hydrogen-bond acceptors (Lipinski definition) is 3. The van der Waals surface area contributed by atoms with Crippen LogP contribution in [0.2, 0.25) is 0 Å². The fraction of sp³-hybridized carbons (Fsp3) is 0.471. The summed E-state index contributed by atoms with van der Waals surface area (Å²) in [6, 6.07) is 7.48. The molecule has 1 aromatic carbocycles. The monoisotopic (exact) mass is 306 g/mol. The van der Waals surface area contributed by atoms with E-state index in [1.165, 1.54) is 6.08 Å². The lowest BCUT2D eigenvalue weighted by molar-refractivity contribution is -0.122. The number of hydrogen-bond donors (Lipinski definition) is 1. The van der Waals surface area contributed by atoms with E-state index in [1.807, 2.05) is 45.0 Å². The fourth-order valence-corrected chi connectivity index (χ4v) is 4.40. The van der Waals surface area contributed by atoms with Crippen LogP contribution in [0.25, 0.3) is 0 Å². The van der Waals surface area contributed by atoms with Gasteiger partial charge in [-0.25, -0.2) is 0 Å². The van der Waals surface area contributed by atoms with E-state index < -0.39 is 21.8 Å². The summed E-state index contributed by atoms with van der Waals surface area (Å²) < 4.78 is 12.6. The maximum atomic E-state index is 12.6. The topological polar surface area (TPSA) is 54.4 Å². The first kappa shape index (κ1) is 16.1. The first-order valence-corrected chi connectivity index (χ1v) is 8.37. The summed E-state index contributed by atoms with van der Waals surface area (Å²) in [6.45, 7) is 7.43. The Morgan fingerprint density at radius 3 is 2.29 bits per heavy atom. The van der Waals surface area contributed by atoms with E-state index >= 15 is 0 Å². The van der Waals surface area contributed by atoms with Crippen LogP contribution in [0.5, 0.6) is 0 Å². The fourth-order valence-electron chi connectivity index (χ4n) is 2.80. The SMILES string of the molecule is CC1=CC(=O)CC(C)(C)[C@@]1(O)C[S@@](=O)c1ccc(C)cc1. The van der Waals surface area contributed by atoms with E-state index in [0.717, 1.165) is 5.56 Å². The number of allylic oxidation sites excluding steroid dienone is 1. The second-order valence-electron chi connectivity index (χ2n) is 6.52. The van der Waals surface area contributed by atoms with Crippen molar-refractivity contribution in [2.75, 3.05) is 5.75 Å².